The third-order valence-electron chi connectivity index (χ3n) is 3.65. The summed E-state index contributed by atoms with van der Waals surface area (Å²) in [7, 11) is -1.20. The van der Waals surface area contributed by atoms with Gasteiger partial charge in [-0.05, 0) is 63.7 Å². The molecule has 2 aliphatic rings. The lowest BCUT2D eigenvalue weighted by molar-refractivity contribution is 0.00578. The smallest absolute Gasteiger partial charge is 0.399 e. The summed E-state index contributed by atoms with van der Waals surface area (Å²) in [4.78, 5) is 0.112. The highest BCUT2D eigenvalue weighted by Gasteiger charge is 2.51. The molecule has 110 valence electrons. The molecular weight excluding hydrogens is 269 g/mol. The van der Waals surface area contributed by atoms with Crippen LogP contribution in [0.5, 0.6) is 0 Å². The van der Waals surface area contributed by atoms with Gasteiger partial charge in [0.15, 0.2) is 0 Å². The van der Waals surface area contributed by atoms with Crippen LogP contribution in [0.3, 0.4) is 0 Å². The molecule has 0 unspecified atom stereocenters. The molecule has 5 heteroatoms. The number of nitrogens with zero attached hydrogens (tertiary/aromatic N) is 1. The first kappa shape index (κ1) is 5.94. The summed E-state index contributed by atoms with van der Waals surface area (Å²) < 4.78 is 110. The third kappa shape index (κ3) is 2.51. The summed E-state index contributed by atoms with van der Waals surface area (Å²) in [5, 5.41) is -0.872. The van der Waals surface area contributed by atoms with E-state index in [1.54, 1.807) is 27.7 Å². The van der Waals surface area contributed by atoms with Crippen LogP contribution in [0.25, 0.3) is 0 Å². The zero-order valence-corrected chi connectivity index (χ0v) is 12.6. The SMILES string of the molecule is [2H]c1sc(N2C([2H])([2H])C([2H])([2H])C([2H])([2H])C([2H])([2H])C2([2H])[2H])c([2H])c1B1OC(C)(C)C(C)(C)O1. The van der Waals surface area contributed by atoms with Crippen molar-refractivity contribution in [3.63, 3.8) is 0 Å². The Morgan fingerprint density at radius 1 is 1.20 bits per heavy atom. The molecule has 0 atom stereocenters. The average molecular weight is 305 g/mol. The Morgan fingerprint density at radius 3 is 2.40 bits per heavy atom. The Labute approximate surface area is 143 Å². The van der Waals surface area contributed by atoms with E-state index in [9.17, 15) is 0 Å². The van der Waals surface area contributed by atoms with Gasteiger partial charge in [-0.25, -0.2) is 0 Å². The van der Waals surface area contributed by atoms with Crippen LogP contribution in [0.4, 0.5) is 5.00 Å². The fourth-order valence-corrected chi connectivity index (χ4v) is 2.46. The van der Waals surface area contributed by atoms with E-state index in [-0.39, 0.29) is 15.7 Å². The van der Waals surface area contributed by atoms with E-state index in [0.717, 1.165) is 0 Å². The molecule has 2 aliphatic heterocycles. The van der Waals surface area contributed by atoms with E-state index < -0.39 is 61.5 Å². The highest BCUT2D eigenvalue weighted by Crippen LogP contribution is 2.37. The van der Waals surface area contributed by atoms with Gasteiger partial charge >= 0.3 is 7.12 Å². The fourth-order valence-electron chi connectivity index (χ4n) is 1.77. The van der Waals surface area contributed by atoms with Crippen molar-refractivity contribution >= 4 is 28.9 Å². The number of thiophene rings is 1. The van der Waals surface area contributed by atoms with Crippen molar-refractivity contribution in [2.24, 2.45) is 0 Å². The van der Waals surface area contributed by atoms with Gasteiger partial charge in [-0.1, -0.05) is 0 Å². The predicted molar refractivity (Wildman–Crippen MR) is 86.1 cm³/mol. The number of piperidine rings is 1. The molecule has 3 rings (SSSR count). The summed E-state index contributed by atoms with van der Waals surface area (Å²) in [6.45, 7) is 0.181. The second-order valence-corrected chi connectivity index (χ2v) is 6.37. The van der Waals surface area contributed by atoms with Crippen molar-refractivity contribution in [2.45, 2.75) is 58.0 Å². The maximum Gasteiger partial charge on any atom is 0.495 e. The first-order valence-corrected chi connectivity index (χ1v) is 7.06. The van der Waals surface area contributed by atoms with Gasteiger partial charge in [0.2, 0.25) is 0 Å². The zero-order valence-electron chi connectivity index (χ0n) is 23.7. The van der Waals surface area contributed by atoms with Gasteiger partial charge in [0.25, 0.3) is 0 Å². The minimum atomic E-state index is -3.55. The molecule has 3 nitrogen and oxygen atoms in total. The molecule has 0 spiro atoms. The van der Waals surface area contributed by atoms with Gasteiger partial charge in [-0.15, -0.1) is 11.3 Å². The Hall–Kier alpha value is -0.515. The molecule has 0 aliphatic carbocycles. The van der Waals surface area contributed by atoms with E-state index in [1.165, 1.54) is 0 Å². The van der Waals surface area contributed by atoms with Crippen LogP contribution >= 0.6 is 11.3 Å². The molecular formula is C15H24BNO2S. The van der Waals surface area contributed by atoms with E-state index >= 15 is 0 Å². The Balaban J connectivity index is 2.22. The molecule has 1 aromatic rings. The maximum atomic E-state index is 8.56. The molecule has 0 bridgehead atoms. The lowest BCUT2D eigenvalue weighted by Gasteiger charge is -2.32. The third-order valence-corrected chi connectivity index (χ3v) is 4.45. The molecule has 2 fully saturated rings. The topological polar surface area (TPSA) is 21.7 Å². The molecule has 2 saturated heterocycles. The monoisotopic (exact) mass is 305 g/mol. The van der Waals surface area contributed by atoms with Crippen LogP contribution in [-0.2, 0) is 9.31 Å². The Bertz CT molecular complexity index is 901. The molecule has 3 heterocycles. The minimum absolute atomic E-state index is 0.112. The largest absolute Gasteiger partial charge is 0.495 e. The summed E-state index contributed by atoms with van der Waals surface area (Å²) in [6, 6.07) is -0.569. The van der Waals surface area contributed by atoms with Crippen LogP contribution in [-0.4, -0.2) is 31.3 Å². The Morgan fingerprint density at radius 2 is 1.80 bits per heavy atom. The summed E-state index contributed by atoms with van der Waals surface area (Å²) in [5.74, 6) is 0. The van der Waals surface area contributed by atoms with Crippen molar-refractivity contribution in [2.75, 3.05) is 17.9 Å². The molecule has 0 N–H and O–H groups in total. The molecule has 1 aromatic heterocycles. The van der Waals surface area contributed by atoms with Gasteiger partial charge in [0, 0.05) is 26.7 Å². The van der Waals surface area contributed by atoms with Crippen molar-refractivity contribution in [1.29, 1.82) is 0 Å². The first-order valence-electron chi connectivity index (χ1n) is 12.2. The van der Waals surface area contributed by atoms with E-state index in [1.807, 2.05) is 0 Å². The molecule has 0 saturated carbocycles. The highest BCUT2D eigenvalue weighted by molar-refractivity contribution is 7.15. The normalized spacial score (nSPS) is 46.6. The minimum Gasteiger partial charge on any atom is -0.399 e. The second kappa shape index (κ2) is 5.04. The zero-order chi connectivity index (χ0) is 25.1. The van der Waals surface area contributed by atoms with Crippen molar-refractivity contribution in [3.05, 3.63) is 11.4 Å². The van der Waals surface area contributed by atoms with Gasteiger partial charge < -0.3 is 14.2 Å². The van der Waals surface area contributed by atoms with Gasteiger partial charge in [-0.2, -0.15) is 0 Å². The highest BCUT2D eigenvalue weighted by atomic mass is 32.1. The summed E-state index contributed by atoms with van der Waals surface area (Å²) >= 11 is 0.450. The van der Waals surface area contributed by atoms with Gasteiger partial charge in [0.05, 0.1) is 18.9 Å². The average Bonchev–Trinajstić information content (AvgIpc) is 2.97. The molecule has 0 amide bonds. The lowest BCUT2D eigenvalue weighted by Crippen LogP contribution is -2.41. The molecule has 20 heavy (non-hydrogen) atoms. The van der Waals surface area contributed by atoms with Crippen molar-refractivity contribution in [3.8, 4) is 0 Å². The molecule has 0 aromatic carbocycles. The Kier molecular flexibility index (Phi) is 1.50. The number of rotatable bonds is 2. The predicted octanol–water partition coefficient (Wildman–Crippen LogP) is 3.04. The lowest BCUT2D eigenvalue weighted by atomic mass is 9.81. The van der Waals surface area contributed by atoms with E-state index in [0.29, 0.717) is 11.3 Å². The second-order valence-electron chi connectivity index (χ2n) is 5.57. The van der Waals surface area contributed by atoms with Crippen LogP contribution in [0.1, 0.15) is 63.3 Å². The van der Waals surface area contributed by atoms with Gasteiger partial charge in [-0.3, -0.25) is 0 Å². The van der Waals surface area contributed by atoms with Crippen LogP contribution in [0, 0.1) is 0 Å². The molecule has 0 radical (unpaired) electrons. The van der Waals surface area contributed by atoms with Crippen LogP contribution in [0.15, 0.2) is 11.4 Å². The maximum absolute atomic E-state index is 8.56. The van der Waals surface area contributed by atoms with Crippen molar-refractivity contribution < 1.29 is 25.8 Å². The van der Waals surface area contributed by atoms with E-state index in [4.69, 9.17) is 25.8 Å². The number of hydrogen-bond donors (Lipinski definition) is 0. The van der Waals surface area contributed by atoms with Gasteiger partial charge in [0.1, 0.15) is 0 Å². The van der Waals surface area contributed by atoms with Crippen molar-refractivity contribution in [1.82, 2.24) is 0 Å². The quantitative estimate of drug-likeness (QED) is 0.784. The summed E-state index contributed by atoms with van der Waals surface area (Å²) in [5.41, 5.74) is -1.76. The standard InChI is InChI=1S/C15H24BNO2S/c1-14(2)15(3,4)19-16(18-14)12-10-13(20-11-12)17-8-6-5-7-9-17/h10-11H,5-9H2,1-4H3/i5D2,6D2,7D2,8D2,9D2,10D,11D. The number of hydrogen-bond acceptors (Lipinski definition) is 4. The van der Waals surface area contributed by atoms with Crippen LogP contribution in [0.2, 0.25) is 0 Å². The first-order chi connectivity index (χ1) is 14.0. The van der Waals surface area contributed by atoms with Crippen LogP contribution < -0.4 is 10.4 Å². The fraction of sp³-hybridized carbons (Fsp3) is 0.733. The summed E-state index contributed by atoms with van der Waals surface area (Å²) in [6.07, 6.45) is -10.6. The van der Waals surface area contributed by atoms with E-state index in [2.05, 4.69) is 0 Å². The number of anilines is 1.